The van der Waals surface area contributed by atoms with Crippen LogP contribution >= 0.6 is 23.1 Å². The monoisotopic (exact) mass is 487 g/mol. The SMILES string of the molecule is CCOC(=O)c1c(NC(=O)[C@H](C)Sc2nc3ccc(OCC)cc3[nH]2)sc2c1CC[C@H](C)C2. The highest BCUT2D eigenvalue weighted by Gasteiger charge is 2.30. The van der Waals surface area contributed by atoms with Gasteiger partial charge in [0.2, 0.25) is 5.91 Å². The number of carbonyl (C=O) groups excluding carboxylic acids is 2. The number of benzene rings is 1. The average molecular weight is 488 g/mol. The van der Waals surface area contributed by atoms with Crippen LogP contribution in [0, 0.1) is 5.92 Å². The molecule has 2 N–H and O–H groups in total. The van der Waals surface area contributed by atoms with Crippen molar-refractivity contribution in [2.75, 3.05) is 18.5 Å². The fourth-order valence-corrected chi connectivity index (χ4v) is 6.19. The van der Waals surface area contributed by atoms with Gasteiger partial charge in [0.05, 0.1) is 35.1 Å². The number of thioether (sulfide) groups is 1. The topological polar surface area (TPSA) is 93.3 Å². The second-order valence-corrected chi connectivity index (χ2v) is 10.6. The zero-order valence-corrected chi connectivity index (χ0v) is 21.0. The van der Waals surface area contributed by atoms with E-state index in [2.05, 4.69) is 22.2 Å². The number of nitrogens with one attached hydrogen (secondary N) is 2. The van der Waals surface area contributed by atoms with Gasteiger partial charge >= 0.3 is 5.97 Å². The Morgan fingerprint density at radius 2 is 2.15 bits per heavy atom. The molecule has 2 atom stereocenters. The lowest BCUT2D eigenvalue weighted by atomic mass is 9.88. The molecule has 0 unspecified atom stereocenters. The van der Waals surface area contributed by atoms with Gasteiger partial charge in [0.1, 0.15) is 10.8 Å². The second-order valence-electron chi connectivity index (χ2n) is 8.18. The highest BCUT2D eigenvalue weighted by atomic mass is 32.2. The van der Waals surface area contributed by atoms with E-state index in [1.165, 1.54) is 28.0 Å². The van der Waals surface area contributed by atoms with Gasteiger partial charge in [-0.2, -0.15) is 0 Å². The number of nitrogens with zero attached hydrogens (tertiary/aromatic N) is 1. The van der Waals surface area contributed by atoms with Crippen LogP contribution in [0.25, 0.3) is 11.0 Å². The number of imidazole rings is 1. The first-order valence-electron chi connectivity index (χ1n) is 11.3. The Labute approximate surface area is 201 Å². The van der Waals surface area contributed by atoms with E-state index in [0.717, 1.165) is 41.6 Å². The molecule has 2 aromatic heterocycles. The minimum Gasteiger partial charge on any atom is -0.494 e. The van der Waals surface area contributed by atoms with Crippen molar-refractivity contribution in [1.29, 1.82) is 0 Å². The maximum atomic E-state index is 13.0. The van der Waals surface area contributed by atoms with Gasteiger partial charge in [-0.25, -0.2) is 9.78 Å². The molecule has 7 nitrogen and oxygen atoms in total. The van der Waals surface area contributed by atoms with Crippen LogP contribution in [0.5, 0.6) is 5.75 Å². The van der Waals surface area contributed by atoms with Crippen LogP contribution in [0.15, 0.2) is 23.4 Å². The molecule has 1 amide bonds. The fraction of sp³-hybridized carbons (Fsp3) is 0.458. The number of thiophene rings is 1. The number of amides is 1. The molecule has 0 fully saturated rings. The van der Waals surface area contributed by atoms with E-state index in [1.54, 1.807) is 6.92 Å². The third-order valence-corrected chi connectivity index (χ3v) is 7.78. The van der Waals surface area contributed by atoms with Gasteiger partial charge in [-0.1, -0.05) is 18.7 Å². The summed E-state index contributed by atoms with van der Waals surface area (Å²) in [5, 5.41) is 3.84. The number of ether oxygens (including phenoxy) is 2. The van der Waals surface area contributed by atoms with Gasteiger partial charge < -0.3 is 19.8 Å². The predicted molar refractivity (Wildman–Crippen MR) is 133 cm³/mol. The third-order valence-electron chi connectivity index (χ3n) is 5.63. The normalized spacial score (nSPS) is 16.3. The van der Waals surface area contributed by atoms with E-state index in [1.807, 2.05) is 32.0 Å². The Hall–Kier alpha value is -2.52. The van der Waals surface area contributed by atoms with Crippen molar-refractivity contribution < 1.29 is 19.1 Å². The van der Waals surface area contributed by atoms with Gasteiger partial charge in [-0.05, 0) is 63.6 Å². The molecule has 0 spiro atoms. The van der Waals surface area contributed by atoms with Crippen LogP contribution in [-0.2, 0) is 22.4 Å². The standard InChI is InChI=1S/C24H29N3O4S2/c1-5-30-15-8-10-17-18(12-15)26-24(25-17)32-14(4)21(28)27-22-20(23(29)31-6-2)16-9-7-13(3)11-19(16)33-22/h8,10,12-14H,5-7,9,11H2,1-4H3,(H,25,26)(H,27,28)/t13-,14-/m0/s1. The fourth-order valence-electron chi connectivity index (χ4n) is 3.97. The highest BCUT2D eigenvalue weighted by molar-refractivity contribution is 8.00. The molecule has 0 saturated carbocycles. The maximum Gasteiger partial charge on any atom is 0.341 e. The number of hydrogen-bond acceptors (Lipinski definition) is 7. The highest BCUT2D eigenvalue weighted by Crippen LogP contribution is 2.40. The number of esters is 1. The third kappa shape index (κ3) is 5.19. The average Bonchev–Trinajstić information content (AvgIpc) is 3.33. The van der Waals surface area contributed by atoms with Crippen molar-refractivity contribution in [3.63, 3.8) is 0 Å². The minimum absolute atomic E-state index is 0.173. The van der Waals surface area contributed by atoms with E-state index in [-0.39, 0.29) is 11.9 Å². The summed E-state index contributed by atoms with van der Waals surface area (Å²) in [7, 11) is 0. The summed E-state index contributed by atoms with van der Waals surface area (Å²) in [5.74, 6) is 0.814. The molecule has 1 aromatic carbocycles. The van der Waals surface area contributed by atoms with E-state index in [9.17, 15) is 9.59 Å². The molecule has 0 aliphatic heterocycles. The number of aromatic amines is 1. The molecule has 1 aliphatic carbocycles. The summed E-state index contributed by atoms with van der Waals surface area (Å²) in [4.78, 5) is 34.7. The Balaban J connectivity index is 1.51. The Morgan fingerprint density at radius 1 is 1.33 bits per heavy atom. The quantitative estimate of drug-likeness (QED) is 0.324. The van der Waals surface area contributed by atoms with Crippen LogP contribution in [0.3, 0.4) is 0 Å². The van der Waals surface area contributed by atoms with Crippen molar-refractivity contribution in [1.82, 2.24) is 9.97 Å². The molecule has 4 rings (SSSR count). The summed E-state index contributed by atoms with van der Waals surface area (Å²) >= 11 is 2.85. The molecular weight excluding hydrogens is 458 g/mol. The predicted octanol–water partition coefficient (Wildman–Crippen LogP) is 5.44. The van der Waals surface area contributed by atoms with Crippen molar-refractivity contribution in [2.45, 2.75) is 57.4 Å². The zero-order chi connectivity index (χ0) is 23.5. The summed E-state index contributed by atoms with van der Waals surface area (Å²) < 4.78 is 10.8. The van der Waals surface area contributed by atoms with Crippen LogP contribution in [0.2, 0.25) is 0 Å². The summed E-state index contributed by atoms with van der Waals surface area (Å²) in [6.45, 7) is 8.68. The van der Waals surface area contributed by atoms with E-state index >= 15 is 0 Å². The number of rotatable bonds is 8. The van der Waals surface area contributed by atoms with Gasteiger partial charge in [-0.15, -0.1) is 11.3 Å². The van der Waals surface area contributed by atoms with Crippen LogP contribution < -0.4 is 10.1 Å². The first-order valence-corrected chi connectivity index (χ1v) is 13.0. The number of carbonyl (C=O) groups is 2. The lowest BCUT2D eigenvalue weighted by Crippen LogP contribution is -2.23. The van der Waals surface area contributed by atoms with Crippen LogP contribution in [0.4, 0.5) is 5.00 Å². The second kappa shape index (κ2) is 10.2. The minimum atomic E-state index is -0.412. The van der Waals surface area contributed by atoms with Gasteiger partial charge in [0, 0.05) is 10.9 Å². The molecule has 176 valence electrons. The number of hydrogen-bond donors (Lipinski definition) is 2. The van der Waals surface area contributed by atoms with E-state index < -0.39 is 5.25 Å². The molecular formula is C24H29N3O4S2. The zero-order valence-electron chi connectivity index (χ0n) is 19.3. The number of fused-ring (bicyclic) bond motifs is 2. The van der Waals surface area contributed by atoms with E-state index in [4.69, 9.17) is 9.47 Å². The smallest absolute Gasteiger partial charge is 0.341 e. The summed E-state index contributed by atoms with van der Waals surface area (Å²) in [5.41, 5.74) is 3.25. The molecule has 9 heteroatoms. The number of H-pyrrole nitrogens is 1. The Morgan fingerprint density at radius 3 is 2.91 bits per heavy atom. The van der Waals surface area contributed by atoms with Gasteiger partial charge in [0.25, 0.3) is 0 Å². The molecule has 0 radical (unpaired) electrons. The molecule has 2 heterocycles. The maximum absolute atomic E-state index is 13.0. The first-order chi connectivity index (χ1) is 15.9. The molecule has 0 bridgehead atoms. The molecule has 33 heavy (non-hydrogen) atoms. The lowest BCUT2D eigenvalue weighted by Gasteiger charge is -2.18. The first kappa shape index (κ1) is 23.6. The lowest BCUT2D eigenvalue weighted by molar-refractivity contribution is -0.115. The van der Waals surface area contributed by atoms with Crippen molar-refractivity contribution in [3.8, 4) is 5.75 Å². The Bertz CT molecular complexity index is 1170. The van der Waals surface area contributed by atoms with Crippen molar-refractivity contribution in [2.24, 2.45) is 5.92 Å². The number of aromatic nitrogens is 2. The van der Waals surface area contributed by atoms with Gasteiger partial charge in [0.15, 0.2) is 5.16 Å². The molecule has 1 aliphatic rings. The van der Waals surface area contributed by atoms with Crippen LogP contribution in [-0.4, -0.2) is 40.3 Å². The number of anilines is 1. The summed E-state index contributed by atoms with van der Waals surface area (Å²) in [6.07, 6.45) is 2.80. The van der Waals surface area contributed by atoms with Crippen molar-refractivity contribution in [3.05, 3.63) is 34.2 Å². The van der Waals surface area contributed by atoms with Gasteiger partial charge in [-0.3, -0.25) is 4.79 Å². The summed E-state index contributed by atoms with van der Waals surface area (Å²) in [6, 6.07) is 5.69. The van der Waals surface area contributed by atoms with E-state index in [0.29, 0.717) is 34.9 Å². The van der Waals surface area contributed by atoms with Crippen LogP contribution in [0.1, 0.15) is 54.9 Å². The van der Waals surface area contributed by atoms with Crippen molar-refractivity contribution >= 4 is 51.0 Å². The molecule has 0 saturated heterocycles. The largest absolute Gasteiger partial charge is 0.494 e. The Kier molecular flexibility index (Phi) is 7.29. The molecule has 3 aromatic rings.